The van der Waals surface area contributed by atoms with Gasteiger partial charge in [0.05, 0.1) is 5.56 Å². The van der Waals surface area contributed by atoms with E-state index in [4.69, 9.17) is 0 Å². The number of nitrogens with zero attached hydrogens (tertiary/aromatic N) is 2. The largest absolute Gasteiger partial charge is 0.476 e. The van der Waals surface area contributed by atoms with Crippen LogP contribution >= 0.6 is 0 Å². The number of hydrogen-bond acceptors (Lipinski definition) is 4. The number of aromatic carboxylic acids is 1. The third kappa shape index (κ3) is 3.51. The highest BCUT2D eigenvalue weighted by atomic mass is 16.4. The first-order valence-electron chi connectivity index (χ1n) is 6.66. The summed E-state index contributed by atoms with van der Waals surface area (Å²) in [6.45, 7) is 3.43. The molecule has 0 atom stereocenters. The van der Waals surface area contributed by atoms with E-state index in [9.17, 15) is 14.7 Å². The zero-order chi connectivity index (χ0) is 15.4. The number of aromatic nitrogens is 2. The van der Waals surface area contributed by atoms with Crippen molar-refractivity contribution in [1.29, 1.82) is 0 Å². The summed E-state index contributed by atoms with van der Waals surface area (Å²) in [4.78, 5) is 31.5. The van der Waals surface area contributed by atoms with Gasteiger partial charge >= 0.3 is 5.97 Å². The van der Waals surface area contributed by atoms with Gasteiger partial charge in [0.25, 0.3) is 0 Å². The van der Waals surface area contributed by atoms with Crippen LogP contribution in [0.15, 0.2) is 36.5 Å². The SMILES string of the molecule is CC(C)C(=O)c1cnc(Cc2ccccc2)nc1C(=O)O. The standard InChI is InChI=1S/C16H16N2O3/c1-10(2)15(19)12-9-17-13(18-14(12)16(20)21)8-11-6-4-3-5-7-11/h3-7,9-10H,8H2,1-2H3,(H,20,21). The normalized spacial score (nSPS) is 10.6. The number of carbonyl (C=O) groups excluding carboxylic acids is 1. The number of rotatable bonds is 5. The molecule has 0 amide bonds. The molecule has 1 N–H and O–H groups in total. The van der Waals surface area contributed by atoms with Gasteiger partial charge in [-0.1, -0.05) is 44.2 Å². The Hall–Kier alpha value is -2.56. The number of carboxylic acids is 1. The molecule has 0 aliphatic rings. The van der Waals surface area contributed by atoms with Gasteiger partial charge in [0.15, 0.2) is 11.5 Å². The van der Waals surface area contributed by atoms with Crippen LogP contribution in [-0.2, 0) is 6.42 Å². The van der Waals surface area contributed by atoms with Crippen LogP contribution in [0.2, 0.25) is 0 Å². The zero-order valence-corrected chi connectivity index (χ0v) is 11.9. The van der Waals surface area contributed by atoms with Crippen LogP contribution in [0.25, 0.3) is 0 Å². The molecule has 0 radical (unpaired) electrons. The molecule has 5 nitrogen and oxygen atoms in total. The van der Waals surface area contributed by atoms with E-state index in [0.717, 1.165) is 5.56 Å². The van der Waals surface area contributed by atoms with Crippen molar-refractivity contribution in [2.24, 2.45) is 5.92 Å². The molecule has 1 aromatic heterocycles. The molecule has 0 bridgehead atoms. The second kappa shape index (κ2) is 6.26. The summed E-state index contributed by atoms with van der Waals surface area (Å²) in [5, 5.41) is 9.24. The van der Waals surface area contributed by atoms with Crippen molar-refractivity contribution < 1.29 is 14.7 Å². The monoisotopic (exact) mass is 284 g/mol. The van der Waals surface area contributed by atoms with E-state index in [-0.39, 0.29) is 23.0 Å². The van der Waals surface area contributed by atoms with Crippen LogP contribution in [0.5, 0.6) is 0 Å². The number of ketones is 1. The van der Waals surface area contributed by atoms with Crippen molar-refractivity contribution in [1.82, 2.24) is 9.97 Å². The highest BCUT2D eigenvalue weighted by Crippen LogP contribution is 2.13. The lowest BCUT2D eigenvalue weighted by molar-refractivity contribution is 0.0683. The minimum absolute atomic E-state index is 0.0642. The number of Topliss-reactive ketones (excluding diaryl/α,β-unsaturated/α-hetero) is 1. The summed E-state index contributed by atoms with van der Waals surface area (Å²) in [5.74, 6) is -1.39. The Morgan fingerprint density at radius 3 is 2.43 bits per heavy atom. The topological polar surface area (TPSA) is 80.2 Å². The van der Waals surface area contributed by atoms with Crippen molar-refractivity contribution in [3.05, 3.63) is 59.2 Å². The Kier molecular flexibility index (Phi) is 4.42. The van der Waals surface area contributed by atoms with E-state index in [2.05, 4.69) is 9.97 Å². The summed E-state index contributed by atoms with van der Waals surface area (Å²) in [7, 11) is 0. The Balaban J connectivity index is 2.37. The predicted molar refractivity (Wildman–Crippen MR) is 77.4 cm³/mol. The van der Waals surface area contributed by atoms with Crippen LogP contribution < -0.4 is 0 Å². The molecule has 0 unspecified atom stereocenters. The lowest BCUT2D eigenvalue weighted by Gasteiger charge is -2.08. The predicted octanol–water partition coefficient (Wildman–Crippen LogP) is 2.60. The number of carbonyl (C=O) groups is 2. The van der Waals surface area contributed by atoms with Gasteiger partial charge in [0.1, 0.15) is 5.82 Å². The Morgan fingerprint density at radius 1 is 1.19 bits per heavy atom. The molecular formula is C16H16N2O3. The fourth-order valence-electron chi connectivity index (χ4n) is 1.94. The third-order valence-electron chi connectivity index (χ3n) is 3.04. The minimum Gasteiger partial charge on any atom is -0.476 e. The second-order valence-electron chi connectivity index (χ2n) is 5.03. The van der Waals surface area contributed by atoms with Gasteiger partial charge in [-0.15, -0.1) is 0 Å². The van der Waals surface area contributed by atoms with E-state index in [1.54, 1.807) is 13.8 Å². The highest BCUT2D eigenvalue weighted by Gasteiger charge is 2.21. The maximum absolute atomic E-state index is 12.0. The Bertz CT molecular complexity index is 666. The molecule has 0 aliphatic heterocycles. The fourth-order valence-corrected chi connectivity index (χ4v) is 1.94. The molecule has 0 fully saturated rings. The van der Waals surface area contributed by atoms with E-state index in [0.29, 0.717) is 12.2 Å². The third-order valence-corrected chi connectivity index (χ3v) is 3.04. The van der Waals surface area contributed by atoms with E-state index in [1.807, 2.05) is 30.3 Å². The number of benzene rings is 1. The summed E-state index contributed by atoms with van der Waals surface area (Å²) in [6.07, 6.45) is 1.74. The minimum atomic E-state index is -1.21. The first-order chi connectivity index (χ1) is 9.99. The van der Waals surface area contributed by atoms with Gasteiger partial charge in [-0.2, -0.15) is 0 Å². The van der Waals surface area contributed by atoms with Crippen LogP contribution in [0.4, 0.5) is 0 Å². The van der Waals surface area contributed by atoms with Crippen molar-refractivity contribution in [2.45, 2.75) is 20.3 Å². The van der Waals surface area contributed by atoms with Crippen molar-refractivity contribution in [3.8, 4) is 0 Å². The molecule has 2 rings (SSSR count). The first-order valence-corrected chi connectivity index (χ1v) is 6.66. The summed E-state index contributed by atoms with van der Waals surface area (Å²) < 4.78 is 0. The smallest absolute Gasteiger partial charge is 0.355 e. The van der Waals surface area contributed by atoms with E-state index in [1.165, 1.54) is 6.20 Å². The number of hydrogen-bond donors (Lipinski definition) is 1. The molecular weight excluding hydrogens is 268 g/mol. The van der Waals surface area contributed by atoms with Gasteiger partial charge in [0, 0.05) is 18.5 Å². The van der Waals surface area contributed by atoms with Crippen LogP contribution in [-0.4, -0.2) is 26.8 Å². The molecule has 0 spiro atoms. The molecule has 5 heteroatoms. The quantitative estimate of drug-likeness (QED) is 0.854. The second-order valence-corrected chi connectivity index (χ2v) is 5.03. The first kappa shape index (κ1) is 14.8. The van der Waals surface area contributed by atoms with Gasteiger partial charge in [-0.3, -0.25) is 4.79 Å². The average Bonchev–Trinajstić information content (AvgIpc) is 2.47. The van der Waals surface area contributed by atoms with Crippen molar-refractivity contribution >= 4 is 11.8 Å². The highest BCUT2D eigenvalue weighted by molar-refractivity contribution is 6.05. The van der Waals surface area contributed by atoms with Gasteiger partial charge in [-0.25, -0.2) is 14.8 Å². The fraction of sp³-hybridized carbons (Fsp3) is 0.250. The van der Waals surface area contributed by atoms with Gasteiger partial charge in [0.2, 0.25) is 0 Å². The van der Waals surface area contributed by atoms with Gasteiger partial charge < -0.3 is 5.11 Å². The number of carboxylic acid groups (broad SMARTS) is 1. The zero-order valence-electron chi connectivity index (χ0n) is 11.9. The molecule has 21 heavy (non-hydrogen) atoms. The lowest BCUT2D eigenvalue weighted by atomic mass is 10.0. The Morgan fingerprint density at radius 2 is 1.86 bits per heavy atom. The van der Waals surface area contributed by atoms with Crippen LogP contribution in [0.1, 0.15) is 46.1 Å². The summed E-state index contributed by atoms with van der Waals surface area (Å²) >= 11 is 0. The molecule has 108 valence electrons. The maximum atomic E-state index is 12.0. The summed E-state index contributed by atoms with van der Waals surface area (Å²) in [6, 6.07) is 9.51. The molecule has 0 saturated carbocycles. The van der Waals surface area contributed by atoms with Gasteiger partial charge in [-0.05, 0) is 5.56 Å². The molecule has 0 saturated heterocycles. The molecule has 2 aromatic rings. The van der Waals surface area contributed by atoms with E-state index < -0.39 is 5.97 Å². The molecule has 1 heterocycles. The average molecular weight is 284 g/mol. The maximum Gasteiger partial charge on any atom is 0.355 e. The lowest BCUT2D eigenvalue weighted by Crippen LogP contribution is -2.17. The Labute approximate surface area is 122 Å². The molecule has 0 aliphatic carbocycles. The summed E-state index contributed by atoms with van der Waals surface area (Å²) in [5.41, 5.74) is 0.820. The van der Waals surface area contributed by atoms with Crippen molar-refractivity contribution in [3.63, 3.8) is 0 Å². The van der Waals surface area contributed by atoms with Crippen LogP contribution in [0, 0.1) is 5.92 Å². The van der Waals surface area contributed by atoms with Crippen LogP contribution in [0.3, 0.4) is 0 Å². The van der Waals surface area contributed by atoms with E-state index >= 15 is 0 Å². The molecule has 1 aromatic carbocycles. The van der Waals surface area contributed by atoms with Crippen molar-refractivity contribution in [2.75, 3.05) is 0 Å².